The lowest BCUT2D eigenvalue weighted by Gasteiger charge is -2.14. The van der Waals surface area contributed by atoms with Crippen molar-refractivity contribution >= 4 is 46.9 Å². The van der Waals surface area contributed by atoms with Crippen molar-refractivity contribution in [2.45, 2.75) is 26.4 Å². The monoisotopic (exact) mass is 473 g/mol. The fourth-order valence-corrected chi connectivity index (χ4v) is 3.66. The number of hydrogen-bond acceptors (Lipinski definition) is 8. The minimum Gasteiger partial charge on any atom is -0.478 e. The normalized spacial score (nSPS) is 15.7. The number of carbonyl (C=O) groups excluding carboxylic acids is 3. The van der Waals surface area contributed by atoms with E-state index in [-0.39, 0.29) is 39.2 Å². The van der Waals surface area contributed by atoms with E-state index in [4.69, 9.17) is 9.15 Å². The summed E-state index contributed by atoms with van der Waals surface area (Å²) in [5, 5.41) is 17.8. The van der Waals surface area contributed by atoms with E-state index in [1.807, 2.05) is 6.92 Å². The molecule has 1 atom stereocenters. The number of imide groups is 1. The summed E-state index contributed by atoms with van der Waals surface area (Å²) in [6.45, 7) is 3.03. The second-order valence-corrected chi connectivity index (χ2v) is 8.08. The van der Waals surface area contributed by atoms with Crippen LogP contribution in [0.1, 0.15) is 46.7 Å². The number of hydrogen-bond donors (Lipinski definition) is 2. The van der Waals surface area contributed by atoms with Gasteiger partial charge in [0, 0.05) is 11.6 Å². The van der Waals surface area contributed by atoms with Gasteiger partial charge in [0.25, 0.3) is 11.1 Å². The molecule has 1 aliphatic rings. The lowest BCUT2D eigenvalue weighted by molar-refractivity contribution is -0.150. The average molecular weight is 473 g/mol. The summed E-state index contributed by atoms with van der Waals surface area (Å²) < 4.78 is 10.7. The van der Waals surface area contributed by atoms with Crippen LogP contribution in [0.4, 0.5) is 4.79 Å². The van der Waals surface area contributed by atoms with Crippen LogP contribution in [-0.2, 0) is 14.3 Å². The molecule has 0 saturated carbocycles. The van der Waals surface area contributed by atoms with Gasteiger partial charge in [0.1, 0.15) is 18.1 Å². The van der Waals surface area contributed by atoms with Crippen LogP contribution in [0, 0.1) is 0 Å². The molecule has 3 rings (SSSR count). The number of esters is 1. The molecule has 1 fully saturated rings. The molecule has 1 aromatic carbocycles. The maximum absolute atomic E-state index is 12.6. The number of benzene rings is 1. The Hall–Kier alpha value is -3.86. The highest BCUT2D eigenvalue weighted by Gasteiger charge is 2.37. The molecule has 0 bridgehead atoms. The molecule has 11 heteroatoms. The molecule has 10 nitrogen and oxygen atoms in total. The Balaban J connectivity index is 1.81. The molecular formula is C22H19NO9S. The molecule has 1 saturated heterocycles. The van der Waals surface area contributed by atoms with E-state index < -0.39 is 35.6 Å². The number of carboxylic acid groups (broad SMARTS) is 2. The smallest absolute Gasteiger partial charge is 0.335 e. The molecule has 0 radical (unpaired) electrons. The van der Waals surface area contributed by atoms with Crippen LogP contribution in [0.2, 0.25) is 0 Å². The largest absolute Gasteiger partial charge is 0.478 e. The quantitative estimate of drug-likeness (QED) is 0.428. The SMILES string of the molecule is CC[C@@H](C)OC(=O)CN1C(=O)S/C(=C/c2ccc(-c3cc(C(=O)O)cc(C(=O)O)c3)o2)C1=O. The number of rotatable bonds is 8. The first-order chi connectivity index (χ1) is 15.6. The Kier molecular flexibility index (Phi) is 7.02. The van der Waals surface area contributed by atoms with Gasteiger partial charge in [-0.25, -0.2) is 9.59 Å². The lowest BCUT2D eigenvalue weighted by atomic mass is 10.0. The van der Waals surface area contributed by atoms with E-state index in [9.17, 15) is 34.2 Å². The third kappa shape index (κ3) is 5.50. The Morgan fingerprint density at radius 1 is 1.12 bits per heavy atom. The minimum atomic E-state index is -1.30. The van der Waals surface area contributed by atoms with Crippen molar-refractivity contribution in [1.29, 1.82) is 0 Å². The van der Waals surface area contributed by atoms with Crippen LogP contribution in [0.25, 0.3) is 17.4 Å². The van der Waals surface area contributed by atoms with E-state index in [1.165, 1.54) is 30.3 Å². The third-order valence-electron chi connectivity index (χ3n) is 4.68. The summed E-state index contributed by atoms with van der Waals surface area (Å²) in [5.74, 6) is -3.62. The van der Waals surface area contributed by atoms with Gasteiger partial charge in [-0.15, -0.1) is 0 Å². The number of ether oxygens (including phenoxy) is 1. The second kappa shape index (κ2) is 9.74. The van der Waals surface area contributed by atoms with Crippen molar-refractivity contribution in [3.05, 3.63) is 52.1 Å². The molecule has 2 aromatic rings. The predicted molar refractivity (Wildman–Crippen MR) is 117 cm³/mol. The summed E-state index contributed by atoms with van der Waals surface area (Å²) in [4.78, 5) is 60.1. The van der Waals surface area contributed by atoms with Crippen LogP contribution in [0.15, 0.2) is 39.7 Å². The molecule has 33 heavy (non-hydrogen) atoms. The second-order valence-electron chi connectivity index (χ2n) is 7.09. The third-order valence-corrected chi connectivity index (χ3v) is 5.59. The van der Waals surface area contributed by atoms with Crippen LogP contribution in [0.3, 0.4) is 0 Å². The summed E-state index contributed by atoms with van der Waals surface area (Å²) in [6, 6.07) is 6.50. The zero-order chi connectivity index (χ0) is 24.3. The minimum absolute atomic E-state index is 0.0303. The highest BCUT2D eigenvalue weighted by Crippen LogP contribution is 2.33. The topological polar surface area (TPSA) is 151 Å². The van der Waals surface area contributed by atoms with Gasteiger partial charge in [-0.3, -0.25) is 19.3 Å². The first kappa shape index (κ1) is 23.8. The number of nitrogens with zero attached hydrogens (tertiary/aromatic N) is 1. The van der Waals surface area contributed by atoms with Gasteiger partial charge in [0.2, 0.25) is 0 Å². The summed E-state index contributed by atoms with van der Waals surface area (Å²) in [6.07, 6.45) is 1.57. The molecule has 1 aromatic heterocycles. The Morgan fingerprint density at radius 2 is 1.76 bits per heavy atom. The average Bonchev–Trinajstić information content (AvgIpc) is 3.33. The van der Waals surface area contributed by atoms with Crippen molar-refractivity contribution in [2.24, 2.45) is 0 Å². The highest BCUT2D eigenvalue weighted by atomic mass is 32.2. The van der Waals surface area contributed by atoms with E-state index in [2.05, 4.69) is 0 Å². The first-order valence-electron chi connectivity index (χ1n) is 9.75. The van der Waals surface area contributed by atoms with Gasteiger partial charge in [0.05, 0.1) is 22.1 Å². The van der Waals surface area contributed by atoms with Crippen molar-refractivity contribution in [2.75, 3.05) is 6.54 Å². The van der Waals surface area contributed by atoms with Gasteiger partial charge in [-0.05, 0) is 55.4 Å². The van der Waals surface area contributed by atoms with E-state index in [0.717, 1.165) is 11.0 Å². The molecule has 0 aliphatic carbocycles. The van der Waals surface area contributed by atoms with Gasteiger partial charge in [-0.1, -0.05) is 6.92 Å². The van der Waals surface area contributed by atoms with Crippen LogP contribution >= 0.6 is 11.8 Å². The van der Waals surface area contributed by atoms with Crippen LogP contribution in [-0.4, -0.2) is 56.8 Å². The summed E-state index contributed by atoms with van der Waals surface area (Å²) in [5.41, 5.74) is -0.241. The predicted octanol–water partition coefficient (Wildman–Crippen LogP) is 3.72. The molecule has 1 aliphatic heterocycles. The number of thioether (sulfide) groups is 1. The summed E-state index contributed by atoms with van der Waals surface area (Å²) in [7, 11) is 0. The fourth-order valence-electron chi connectivity index (χ4n) is 2.84. The van der Waals surface area contributed by atoms with Crippen LogP contribution < -0.4 is 0 Å². The Labute approximate surface area is 191 Å². The van der Waals surface area contributed by atoms with E-state index >= 15 is 0 Å². The van der Waals surface area contributed by atoms with E-state index in [1.54, 1.807) is 6.92 Å². The van der Waals surface area contributed by atoms with Crippen molar-refractivity contribution in [3.63, 3.8) is 0 Å². The standard InChI is InChI=1S/C22H19NO9S/c1-3-11(2)31-18(24)10-23-19(25)17(33-22(23)30)9-15-4-5-16(32-15)12-6-13(20(26)27)8-14(7-12)21(28)29/h4-9,11H,3,10H2,1-2H3,(H,26,27)(H,28,29)/b17-9+/t11-/m1/s1. The first-order valence-corrected chi connectivity index (χ1v) is 10.6. The number of amides is 2. The van der Waals surface area contributed by atoms with Crippen molar-refractivity contribution in [3.8, 4) is 11.3 Å². The summed E-state index contributed by atoms with van der Waals surface area (Å²) >= 11 is 0.636. The Bertz CT molecular complexity index is 1150. The molecule has 2 amide bonds. The fraction of sp³-hybridized carbons (Fsp3) is 0.227. The maximum Gasteiger partial charge on any atom is 0.335 e. The van der Waals surface area contributed by atoms with Gasteiger partial charge >= 0.3 is 17.9 Å². The molecule has 2 N–H and O–H groups in total. The number of carbonyl (C=O) groups is 5. The van der Waals surface area contributed by atoms with Gasteiger partial charge in [0.15, 0.2) is 0 Å². The Morgan fingerprint density at radius 3 is 2.33 bits per heavy atom. The van der Waals surface area contributed by atoms with Gasteiger partial charge in [-0.2, -0.15) is 0 Å². The lowest BCUT2D eigenvalue weighted by Crippen LogP contribution is -2.35. The molecule has 2 heterocycles. The highest BCUT2D eigenvalue weighted by molar-refractivity contribution is 8.18. The van der Waals surface area contributed by atoms with Crippen molar-refractivity contribution in [1.82, 2.24) is 4.90 Å². The zero-order valence-electron chi connectivity index (χ0n) is 17.6. The van der Waals surface area contributed by atoms with Crippen LogP contribution in [0.5, 0.6) is 0 Å². The van der Waals surface area contributed by atoms with Gasteiger partial charge < -0.3 is 19.4 Å². The molecular weight excluding hydrogens is 454 g/mol. The maximum atomic E-state index is 12.6. The molecule has 0 spiro atoms. The van der Waals surface area contributed by atoms with Crippen molar-refractivity contribution < 1.29 is 43.3 Å². The number of furan rings is 1. The zero-order valence-corrected chi connectivity index (χ0v) is 18.4. The van der Waals surface area contributed by atoms with E-state index in [0.29, 0.717) is 18.2 Å². The number of carboxylic acids is 2. The number of aromatic carboxylic acids is 2. The molecule has 172 valence electrons. The molecule has 0 unspecified atom stereocenters.